The summed E-state index contributed by atoms with van der Waals surface area (Å²) < 4.78 is 6.63. The van der Waals surface area contributed by atoms with Crippen LogP contribution < -0.4 is 15.1 Å². The van der Waals surface area contributed by atoms with Crippen LogP contribution in [0.4, 0.5) is 16.4 Å². The van der Waals surface area contributed by atoms with Crippen LogP contribution in [0.2, 0.25) is 0 Å². The molecular formula is C20H18BrN3O4. The third-order valence-corrected chi connectivity index (χ3v) is 5.28. The summed E-state index contributed by atoms with van der Waals surface area (Å²) in [6, 6.07) is 9.45. The Balaban J connectivity index is 1.61. The van der Waals surface area contributed by atoms with E-state index < -0.39 is 17.8 Å². The highest BCUT2D eigenvalue weighted by atomic mass is 79.9. The van der Waals surface area contributed by atoms with Crippen LogP contribution in [0.3, 0.4) is 0 Å². The number of anilines is 2. The molecule has 1 aromatic heterocycles. The Morgan fingerprint density at radius 1 is 0.964 bits per heavy atom. The van der Waals surface area contributed by atoms with E-state index in [1.54, 1.807) is 30.3 Å². The van der Waals surface area contributed by atoms with Gasteiger partial charge in [-0.2, -0.15) is 0 Å². The van der Waals surface area contributed by atoms with Gasteiger partial charge in [0.05, 0.1) is 5.69 Å². The number of amides is 4. The van der Waals surface area contributed by atoms with Gasteiger partial charge in [0.15, 0.2) is 5.88 Å². The summed E-state index contributed by atoms with van der Waals surface area (Å²) in [5.74, 6) is -0.313. The van der Waals surface area contributed by atoms with Gasteiger partial charge in [-0.3, -0.25) is 14.9 Å². The summed E-state index contributed by atoms with van der Waals surface area (Å²) in [4.78, 5) is 40.4. The van der Waals surface area contributed by atoms with E-state index in [9.17, 15) is 14.4 Å². The molecule has 2 saturated heterocycles. The molecule has 7 nitrogen and oxygen atoms in total. The fourth-order valence-corrected chi connectivity index (χ4v) is 3.59. The number of carbonyl (C=O) groups is 3. The summed E-state index contributed by atoms with van der Waals surface area (Å²) in [5, 5.41) is 2.21. The van der Waals surface area contributed by atoms with E-state index in [1.807, 2.05) is 6.07 Å². The average molecular weight is 444 g/mol. The SMILES string of the molecule is O=C1NC(=O)N(c2ccc(Br)cc2)C(=O)C1=Cc1ccc(N2CCCCC2)o1. The van der Waals surface area contributed by atoms with E-state index in [0.29, 0.717) is 11.4 Å². The van der Waals surface area contributed by atoms with Gasteiger partial charge in [-0.1, -0.05) is 15.9 Å². The number of benzene rings is 1. The van der Waals surface area contributed by atoms with Crippen molar-refractivity contribution in [2.45, 2.75) is 19.3 Å². The molecule has 0 atom stereocenters. The van der Waals surface area contributed by atoms with E-state index in [4.69, 9.17) is 4.42 Å². The van der Waals surface area contributed by atoms with E-state index in [0.717, 1.165) is 41.2 Å². The second-order valence-corrected chi connectivity index (χ2v) is 7.57. The number of carbonyl (C=O) groups excluding carboxylic acids is 3. The number of hydrogen-bond donors (Lipinski definition) is 1. The van der Waals surface area contributed by atoms with Gasteiger partial charge in [0.25, 0.3) is 11.8 Å². The number of urea groups is 1. The van der Waals surface area contributed by atoms with E-state index in [2.05, 4.69) is 26.1 Å². The monoisotopic (exact) mass is 443 g/mol. The zero-order valence-corrected chi connectivity index (χ0v) is 16.6. The number of nitrogens with zero attached hydrogens (tertiary/aromatic N) is 2. The Bertz CT molecular complexity index is 958. The zero-order chi connectivity index (χ0) is 19.7. The lowest BCUT2D eigenvalue weighted by molar-refractivity contribution is -0.122. The second kappa shape index (κ2) is 7.63. The first-order valence-electron chi connectivity index (χ1n) is 9.05. The van der Waals surface area contributed by atoms with Crippen LogP contribution in [0.1, 0.15) is 25.0 Å². The lowest BCUT2D eigenvalue weighted by atomic mass is 10.1. The molecule has 2 aliphatic heterocycles. The fourth-order valence-electron chi connectivity index (χ4n) is 3.33. The van der Waals surface area contributed by atoms with Crippen molar-refractivity contribution in [2.75, 3.05) is 22.9 Å². The summed E-state index contributed by atoms with van der Waals surface area (Å²) >= 11 is 3.31. The molecule has 3 heterocycles. The normalized spacial score (nSPS) is 19.3. The highest BCUT2D eigenvalue weighted by molar-refractivity contribution is 9.10. The third-order valence-electron chi connectivity index (χ3n) is 4.75. The Hall–Kier alpha value is -2.87. The van der Waals surface area contributed by atoms with Gasteiger partial charge in [0.2, 0.25) is 0 Å². The summed E-state index contributed by atoms with van der Waals surface area (Å²) in [6.45, 7) is 1.85. The van der Waals surface area contributed by atoms with Crippen molar-refractivity contribution in [1.29, 1.82) is 0 Å². The van der Waals surface area contributed by atoms with Crippen LogP contribution >= 0.6 is 15.9 Å². The smallest absolute Gasteiger partial charge is 0.335 e. The molecule has 4 amide bonds. The fraction of sp³-hybridized carbons (Fsp3) is 0.250. The largest absolute Gasteiger partial charge is 0.441 e. The van der Waals surface area contributed by atoms with Crippen LogP contribution in [-0.2, 0) is 9.59 Å². The summed E-state index contributed by atoms with van der Waals surface area (Å²) in [7, 11) is 0. The highest BCUT2D eigenvalue weighted by Gasteiger charge is 2.37. The molecule has 4 rings (SSSR count). The molecule has 0 spiro atoms. The number of rotatable bonds is 3. The number of furan rings is 1. The lowest BCUT2D eigenvalue weighted by Gasteiger charge is -2.26. The lowest BCUT2D eigenvalue weighted by Crippen LogP contribution is -2.54. The molecule has 0 saturated carbocycles. The van der Waals surface area contributed by atoms with Crippen molar-refractivity contribution in [3.8, 4) is 0 Å². The standard InChI is InChI=1S/C20H18BrN3O4/c21-13-4-6-14(7-5-13)24-19(26)16(18(25)22-20(24)27)12-15-8-9-17(28-15)23-10-2-1-3-11-23/h4-9,12H,1-3,10-11H2,(H,22,25,27). The molecular weight excluding hydrogens is 426 g/mol. The maximum atomic E-state index is 12.9. The summed E-state index contributed by atoms with van der Waals surface area (Å²) in [6.07, 6.45) is 4.82. The molecule has 0 unspecified atom stereocenters. The van der Waals surface area contributed by atoms with Gasteiger partial charge in [0, 0.05) is 23.6 Å². The van der Waals surface area contributed by atoms with Crippen molar-refractivity contribution in [2.24, 2.45) is 0 Å². The Morgan fingerprint density at radius 3 is 2.39 bits per heavy atom. The number of nitrogens with one attached hydrogen (secondary N) is 1. The molecule has 144 valence electrons. The highest BCUT2D eigenvalue weighted by Crippen LogP contribution is 2.26. The van der Waals surface area contributed by atoms with Crippen LogP contribution in [0, 0.1) is 0 Å². The molecule has 8 heteroatoms. The molecule has 2 aliphatic rings. The van der Waals surface area contributed by atoms with Crippen molar-refractivity contribution >= 4 is 51.4 Å². The predicted molar refractivity (Wildman–Crippen MR) is 108 cm³/mol. The van der Waals surface area contributed by atoms with Crippen LogP contribution in [0.5, 0.6) is 0 Å². The van der Waals surface area contributed by atoms with Crippen LogP contribution in [0.15, 0.2) is 50.9 Å². The van der Waals surface area contributed by atoms with Crippen molar-refractivity contribution in [3.63, 3.8) is 0 Å². The molecule has 28 heavy (non-hydrogen) atoms. The van der Waals surface area contributed by atoms with E-state index in [1.165, 1.54) is 12.5 Å². The molecule has 1 aromatic carbocycles. The minimum absolute atomic E-state index is 0.151. The molecule has 0 aliphatic carbocycles. The summed E-state index contributed by atoms with van der Waals surface area (Å²) in [5.41, 5.74) is 0.222. The first-order valence-corrected chi connectivity index (χ1v) is 9.84. The van der Waals surface area contributed by atoms with Gasteiger partial charge in [-0.15, -0.1) is 0 Å². The van der Waals surface area contributed by atoms with Crippen LogP contribution in [-0.4, -0.2) is 30.9 Å². The maximum absolute atomic E-state index is 12.9. The molecule has 0 radical (unpaired) electrons. The number of imide groups is 2. The maximum Gasteiger partial charge on any atom is 0.335 e. The quantitative estimate of drug-likeness (QED) is 0.577. The Kier molecular flexibility index (Phi) is 5.04. The second-order valence-electron chi connectivity index (χ2n) is 6.66. The molecule has 1 N–H and O–H groups in total. The topological polar surface area (TPSA) is 82.9 Å². The Labute approximate surface area is 170 Å². The zero-order valence-electron chi connectivity index (χ0n) is 15.0. The van der Waals surface area contributed by atoms with E-state index in [-0.39, 0.29) is 5.57 Å². The van der Waals surface area contributed by atoms with Crippen LogP contribution in [0.25, 0.3) is 6.08 Å². The number of hydrogen-bond acceptors (Lipinski definition) is 5. The van der Waals surface area contributed by atoms with Gasteiger partial charge in [-0.05, 0) is 55.7 Å². The number of piperidine rings is 1. The molecule has 2 aromatic rings. The van der Waals surface area contributed by atoms with Gasteiger partial charge in [-0.25, -0.2) is 9.69 Å². The Morgan fingerprint density at radius 2 is 1.68 bits per heavy atom. The number of halogens is 1. The molecule has 0 bridgehead atoms. The average Bonchev–Trinajstić information content (AvgIpc) is 3.16. The van der Waals surface area contributed by atoms with Crippen molar-refractivity contribution in [1.82, 2.24) is 5.32 Å². The van der Waals surface area contributed by atoms with E-state index >= 15 is 0 Å². The van der Waals surface area contributed by atoms with Gasteiger partial charge < -0.3 is 9.32 Å². The third kappa shape index (κ3) is 3.60. The van der Waals surface area contributed by atoms with Crippen molar-refractivity contribution in [3.05, 3.63) is 52.2 Å². The first-order chi connectivity index (χ1) is 13.5. The predicted octanol–water partition coefficient (Wildman–Crippen LogP) is 3.70. The van der Waals surface area contributed by atoms with Crippen molar-refractivity contribution < 1.29 is 18.8 Å². The number of barbiturate groups is 1. The van der Waals surface area contributed by atoms with Gasteiger partial charge >= 0.3 is 6.03 Å². The van der Waals surface area contributed by atoms with Gasteiger partial charge in [0.1, 0.15) is 11.3 Å². The first kappa shape index (κ1) is 18.5. The minimum atomic E-state index is -0.775. The molecule has 2 fully saturated rings. The minimum Gasteiger partial charge on any atom is -0.441 e.